The molecule has 2 aromatic rings. The van der Waals surface area contributed by atoms with E-state index in [1.165, 1.54) is 4.90 Å². The lowest BCUT2D eigenvalue weighted by Gasteiger charge is -2.39. The number of carbonyl (C=O) groups is 2. The fourth-order valence-corrected chi connectivity index (χ4v) is 4.39. The molecule has 5 rings (SSSR count). The molecule has 3 aliphatic rings. The zero-order valence-electron chi connectivity index (χ0n) is 17.2. The number of hydrogen-bond acceptors (Lipinski definition) is 5. The Labute approximate surface area is 175 Å². The lowest BCUT2D eigenvalue weighted by atomic mass is 10.1. The molecule has 0 aliphatic carbocycles. The number of urea groups is 1. The highest BCUT2D eigenvalue weighted by molar-refractivity contribution is 6.16. The number of nitrogens with zero attached hydrogens (tertiary/aromatic N) is 5. The summed E-state index contributed by atoms with van der Waals surface area (Å²) in [7, 11) is 1.71. The number of anilines is 1. The smallest absolute Gasteiger partial charge is 0.302 e. The van der Waals surface area contributed by atoms with Gasteiger partial charge in [0.1, 0.15) is 0 Å². The molecule has 2 atom stereocenters. The van der Waals surface area contributed by atoms with Gasteiger partial charge < -0.3 is 4.90 Å². The molecule has 0 aromatic heterocycles. The van der Waals surface area contributed by atoms with E-state index >= 15 is 0 Å². The number of imide groups is 1. The van der Waals surface area contributed by atoms with E-state index < -0.39 is 12.2 Å². The molecular formula is C23H23N5O2. The number of hydrogen-bond donors (Lipinski definition) is 0. The predicted molar refractivity (Wildman–Crippen MR) is 115 cm³/mol. The van der Waals surface area contributed by atoms with Crippen LogP contribution in [0.4, 0.5) is 10.5 Å². The highest BCUT2D eigenvalue weighted by Crippen LogP contribution is 2.40. The van der Waals surface area contributed by atoms with Gasteiger partial charge in [-0.25, -0.2) is 9.79 Å². The van der Waals surface area contributed by atoms with Gasteiger partial charge in [0.05, 0.1) is 11.4 Å². The number of guanidine groups is 1. The first-order valence-electron chi connectivity index (χ1n) is 10.1. The molecule has 0 radical (unpaired) electrons. The monoisotopic (exact) mass is 401 g/mol. The van der Waals surface area contributed by atoms with Gasteiger partial charge in [0.15, 0.2) is 12.2 Å². The van der Waals surface area contributed by atoms with Crippen molar-refractivity contribution in [3.05, 3.63) is 71.9 Å². The van der Waals surface area contributed by atoms with Crippen molar-refractivity contribution in [2.75, 3.05) is 18.5 Å². The van der Waals surface area contributed by atoms with E-state index in [2.05, 4.69) is 24.0 Å². The largest absolute Gasteiger partial charge is 0.328 e. The average molecular weight is 401 g/mol. The third-order valence-corrected chi connectivity index (χ3v) is 5.95. The summed E-state index contributed by atoms with van der Waals surface area (Å²) in [6, 6.07) is 17.3. The molecule has 0 bridgehead atoms. The lowest BCUT2D eigenvalue weighted by Crippen LogP contribution is -2.64. The molecule has 1 saturated heterocycles. The van der Waals surface area contributed by atoms with Crippen molar-refractivity contribution in [2.24, 2.45) is 4.99 Å². The van der Waals surface area contributed by atoms with E-state index in [1.54, 1.807) is 11.9 Å². The average Bonchev–Trinajstić information content (AvgIpc) is 3.30. The van der Waals surface area contributed by atoms with Crippen LogP contribution < -0.4 is 4.90 Å². The maximum Gasteiger partial charge on any atom is 0.328 e. The van der Waals surface area contributed by atoms with Crippen LogP contribution in [0, 0.1) is 6.92 Å². The Hall–Kier alpha value is -3.61. The van der Waals surface area contributed by atoms with Crippen LogP contribution in [-0.4, -0.2) is 58.4 Å². The number of benzene rings is 2. The maximum absolute atomic E-state index is 13.2. The Balaban J connectivity index is 1.66. The number of rotatable bonds is 3. The van der Waals surface area contributed by atoms with Crippen LogP contribution in [0.15, 0.2) is 65.8 Å². The summed E-state index contributed by atoms with van der Waals surface area (Å²) >= 11 is 0. The normalized spacial score (nSPS) is 22.9. The fraction of sp³-hybridized carbons (Fsp3) is 0.261. The van der Waals surface area contributed by atoms with Gasteiger partial charge in [-0.1, -0.05) is 48.5 Å². The lowest BCUT2D eigenvalue weighted by molar-refractivity contribution is -0.136. The summed E-state index contributed by atoms with van der Waals surface area (Å²) in [6.45, 7) is 4.21. The minimum Gasteiger partial charge on any atom is -0.302 e. The first kappa shape index (κ1) is 18.4. The quantitative estimate of drug-likeness (QED) is 0.793. The Bertz CT molecular complexity index is 1090. The third-order valence-electron chi connectivity index (χ3n) is 5.95. The van der Waals surface area contributed by atoms with Crippen molar-refractivity contribution in [1.82, 2.24) is 14.7 Å². The standard InChI is InChI=1S/C23H23N5O2/c1-4-26-21(29)19-20(25(3)23(26)30)24-22-27(19)14-18(16-11-6-5-7-12-16)28(22)17-13-9-8-10-15(17)2/h5-14,19-20H,4H2,1-3H3. The van der Waals surface area contributed by atoms with E-state index in [0.29, 0.717) is 12.5 Å². The summed E-state index contributed by atoms with van der Waals surface area (Å²) < 4.78 is 0. The van der Waals surface area contributed by atoms with Gasteiger partial charge in [0.25, 0.3) is 5.91 Å². The molecule has 1 fully saturated rings. The molecule has 2 aromatic carbocycles. The van der Waals surface area contributed by atoms with Gasteiger partial charge in [-0.2, -0.15) is 0 Å². The van der Waals surface area contributed by atoms with E-state index in [9.17, 15) is 9.59 Å². The minimum absolute atomic E-state index is 0.209. The van der Waals surface area contributed by atoms with E-state index in [1.807, 2.05) is 60.5 Å². The van der Waals surface area contributed by atoms with Crippen molar-refractivity contribution in [1.29, 1.82) is 0 Å². The first-order valence-corrected chi connectivity index (χ1v) is 10.1. The second-order valence-electron chi connectivity index (χ2n) is 7.67. The molecule has 2 unspecified atom stereocenters. The first-order chi connectivity index (χ1) is 14.5. The van der Waals surface area contributed by atoms with Gasteiger partial charge >= 0.3 is 6.03 Å². The molecule has 152 valence electrons. The van der Waals surface area contributed by atoms with E-state index in [0.717, 1.165) is 22.5 Å². The van der Waals surface area contributed by atoms with Crippen molar-refractivity contribution in [2.45, 2.75) is 26.1 Å². The number of para-hydroxylation sites is 1. The van der Waals surface area contributed by atoms with Crippen LogP contribution in [0.25, 0.3) is 5.70 Å². The third kappa shape index (κ3) is 2.48. The Morgan fingerprint density at radius 3 is 2.40 bits per heavy atom. The molecule has 0 spiro atoms. The molecule has 3 aliphatic heterocycles. The van der Waals surface area contributed by atoms with Crippen molar-refractivity contribution in [3.8, 4) is 0 Å². The molecule has 3 heterocycles. The Morgan fingerprint density at radius 2 is 1.70 bits per heavy atom. The van der Waals surface area contributed by atoms with Crippen molar-refractivity contribution in [3.63, 3.8) is 0 Å². The zero-order valence-corrected chi connectivity index (χ0v) is 17.2. The van der Waals surface area contributed by atoms with Gasteiger partial charge in [0, 0.05) is 25.4 Å². The highest BCUT2D eigenvalue weighted by atomic mass is 16.2. The summed E-state index contributed by atoms with van der Waals surface area (Å²) in [5.74, 6) is 0.462. The van der Waals surface area contributed by atoms with Crippen molar-refractivity contribution < 1.29 is 9.59 Å². The number of aryl methyl sites for hydroxylation is 1. The molecular weight excluding hydrogens is 378 g/mol. The number of likely N-dealkylation sites (N-methyl/N-ethyl adjacent to an activating group) is 2. The summed E-state index contributed by atoms with van der Waals surface area (Å²) in [5, 5.41) is 0. The van der Waals surface area contributed by atoms with E-state index in [-0.39, 0.29) is 11.9 Å². The summed E-state index contributed by atoms with van der Waals surface area (Å²) in [6.07, 6.45) is 1.45. The van der Waals surface area contributed by atoms with Crippen LogP contribution >= 0.6 is 0 Å². The second kappa shape index (κ2) is 6.73. The molecule has 7 nitrogen and oxygen atoms in total. The number of amides is 3. The molecule has 0 saturated carbocycles. The topological polar surface area (TPSA) is 59.5 Å². The SMILES string of the molecule is CCN1C(=O)C2C(N=C3N(c4ccccc4C)C(c4ccccc4)=CN32)N(C)C1=O. The molecule has 30 heavy (non-hydrogen) atoms. The summed E-state index contributed by atoms with van der Waals surface area (Å²) in [5.41, 5.74) is 4.10. The molecule has 3 amide bonds. The summed E-state index contributed by atoms with van der Waals surface area (Å²) in [4.78, 5) is 37.6. The highest BCUT2D eigenvalue weighted by Gasteiger charge is 2.54. The van der Waals surface area contributed by atoms with Crippen LogP contribution in [0.2, 0.25) is 0 Å². The Kier molecular flexibility index (Phi) is 4.13. The van der Waals surface area contributed by atoms with Gasteiger partial charge in [-0.05, 0) is 25.5 Å². The second-order valence-corrected chi connectivity index (χ2v) is 7.67. The van der Waals surface area contributed by atoms with Crippen LogP contribution in [0.3, 0.4) is 0 Å². The maximum atomic E-state index is 13.2. The molecule has 0 N–H and O–H groups in total. The van der Waals surface area contributed by atoms with Gasteiger partial charge in [-0.15, -0.1) is 0 Å². The van der Waals surface area contributed by atoms with Crippen LogP contribution in [0.1, 0.15) is 18.1 Å². The number of carbonyl (C=O) groups excluding carboxylic acids is 2. The van der Waals surface area contributed by atoms with E-state index in [4.69, 9.17) is 4.99 Å². The minimum atomic E-state index is -0.560. The number of aliphatic imine (C=N–C) groups is 1. The van der Waals surface area contributed by atoms with Gasteiger partial charge in [-0.3, -0.25) is 19.5 Å². The van der Waals surface area contributed by atoms with Crippen LogP contribution in [-0.2, 0) is 4.79 Å². The fourth-order valence-electron chi connectivity index (χ4n) is 4.39. The molecule has 7 heteroatoms. The van der Waals surface area contributed by atoms with Crippen molar-refractivity contribution >= 4 is 29.3 Å². The Morgan fingerprint density at radius 1 is 1.00 bits per heavy atom. The van der Waals surface area contributed by atoms with Crippen LogP contribution in [0.5, 0.6) is 0 Å². The number of fused-ring (bicyclic) bond motifs is 3. The van der Waals surface area contributed by atoms with Gasteiger partial charge in [0.2, 0.25) is 5.96 Å². The zero-order chi connectivity index (χ0) is 21.0. The predicted octanol–water partition coefficient (Wildman–Crippen LogP) is 3.09.